The highest BCUT2D eigenvalue weighted by molar-refractivity contribution is 7.89. The topological polar surface area (TPSA) is 135 Å². The van der Waals surface area contributed by atoms with Crippen molar-refractivity contribution in [2.24, 2.45) is 0 Å². The molecule has 1 aromatic carbocycles. The Morgan fingerprint density at radius 1 is 1.16 bits per heavy atom. The number of hydrogen-bond acceptors (Lipinski definition) is 7. The van der Waals surface area contributed by atoms with E-state index in [-0.39, 0.29) is 36.2 Å². The number of nitrogens with one attached hydrogen (secondary N) is 2. The Bertz CT molecular complexity index is 1240. The highest BCUT2D eigenvalue weighted by atomic mass is 35.5. The van der Waals surface area contributed by atoms with Crippen molar-refractivity contribution in [3.8, 4) is 5.88 Å². The van der Waals surface area contributed by atoms with Crippen molar-refractivity contribution >= 4 is 39.2 Å². The molecule has 2 aliphatic rings. The fourth-order valence-electron chi connectivity index (χ4n) is 4.16. The molecule has 2 heterocycles. The molecule has 1 saturated carbocycles. The van der Waals surface area contributed by atoms with Gasteiger partial charge < -0.3 is 15.4 Å². The van der Waals surface area contributed by atoms with Gasteiger partial charge in [-0.3, -0.25) is 14.4 Å². The summed E-state index contributed by atoms with van der Waals surface area (Å²) in [7, 11) is -4.07. The molecule has 1 unspecified atom stereocenters. The van der Waals surface area contributed by atoms with Gasteiger partial charge in [0.1, 0.15) is 12.1 Å². The zero-order valence-electron chi connectivity index (χ0n) is 20.3. The highest BCUT2D eigenvalue weighted by Gasteiger charge is 2.46. The number of nitrogens with zero attached hydrogens (tertiary/aromatic N) is 2. The second-order valence-corrected chi connectivity index (χ2v) is 11.5. The van der Waals surface area contributed by atoms with Gasteiger partial charge in [-0.25, -0.2) is 13.4 Å². The maximum absolute atomic E-state index is 13.5. The van der Waals surface area contributed by atoms with Crippen LogP contribution in [0.4, 0.5) is 0 Å². The van der Waals surface area contributed by atoms with E-state index in [0.29, 0.717) is 11.4 Å². The molecule has 0 spiro atoms. The molecule has 3 atom stereocenters. The number of hydrogen-bond donors (Lipinski definition) is 2. The number of carbonyl (C=O) groups is 3. The molecule has 4 rings (SSSR count). The second kappa shape index (κ2) is 11.6. The standard InChI is InChI=1S/C25H29ClN4O6S/c1-2-6-20(23(31)25(33)28-17-10-11-17)29-24(32)21-13-18(36-22-12-9-16(26)14-27-22)15-30(21)37(34,35)19-7-4-3-5-8-19/h3-5,7-9,12,14,17-18,20-21H,2,6,10-11,13,15H2,1H3,(H,28,33)(H,29,32)/t18-,20?,21+/m1/s1. The summed E-state index contributed by atoms with van der Waals surface area (Å²) >= 11 is 5.88. The maximum atomic E-state index is 13.5. The lowest BCUT2D eigenvalue weighted by Gasteiger charge is -2.25. The summed E-state index contributed by atoms with van der Waals surface area (Å²) in [5, 5.41) is 5.70. The van der Waals surface area contributed by atoms with E-state index in [4.69, 9.17) is 16.3 Å². The van der Waals surface area contributed by atoms with E-state index in [1.807, 2.05) is 6.92 Å². The third-order valence-electron chi connectivity index (χ3n) is 6.20. The van der Waals surface area contributed by atoms with E-state index in [9.17, 15) is 22.8 Å². The Balaban J connectivity index is 1.55. The molecule has 0 bridgehead atoms. The van der Waals surface area contributed by atoms with Crippen molar-refractivity contribution in [3.05, 3.63) is 53.7 Å². The average molecular weight is 549 g/mol. The Morgan fingerprint density at radius 3 is 2.51 bits per heavy atom. The van der Waals surface area contributed by atoms with E-state index in [1.54, 1.807) is 30.3 Å². The number of benzene rings is 1. The summed E-state index contributed by atoms with van der Waals surface area (Å²) in [6, 6.07) is 8.71. The van der Waals surface area contributed by atoms with Crippen LogP contribution in [0.25, 0.3) is 0 Å². The number of ether oxygens (including phenoxy) is 1. The first kappa shape index (κ1) is 27.0. The predicted octanol–water partition coefficient (Wildman–Crippen LogP) is 2.08. The van der Waals surface area contributed by atoms with Crippen molar-refractivity contribution in [1.29, 1.82) is 0 Å². The number of carbonyl (C=O) groups excluding carboxylic acids is 3. The number of rotatable bonds is 11. The maximum Gasteiger partial charge on any atom is 0.289 e. The molecule has 0 radical (unpaired) electrons. The fourth-order valence-corrected chi connectivity index (χ4v) is 5.92. The lowest BCUT2D eigenvalue weighted by molar-refractivity contribution is -0.140. The summed E-state index contributed by atoms with van der Waals surface area (Å²) in [6.45, 7) is 1.73. The van der Waals surface area contributed by atoms with Gasteiger partial charge in [0.25, 0.3) is 5.91 Å². The van der Waals surface area contributed by atoms with E-state index in [2.05, 4.69) is 15.6 Å². The van der Waals surface area contributed by atoms with E-state index < -0.39 is 45.8 Å². The van der Waals surface area contributed by atoms with Crippen molar-refractivity contribution in [3.63, 3.8) is 0 Å². The van der Waals surface area contributed by atoms with E-state index in [1.165, 1.54) is 18.3 Å². The first-order chi connectivity index (χ1) is 17.7. The predicted molar refractivity (Wildman–Crippen MR) is 135 cm³/mol. The summed E-state index contributed by atoms with van der Waals surface area (Å²) in [5.74, 6) is -1.91. The van der Waals surface area contributed by atoms with Crippen LogP contribution in [0.1, 0.15) is 39.0 Å². The molecular weight excluding hydrogens is 520 g/mol. The molecule has 2 amide bonds. The van der Waals surface area contributed by atoms with Gasteiger partial charge in [0.05, 0.1) is 22.5 Å². The van der Waals surface area contributed by atoms with Gasteiger partial charge in [-0.1, -0.05) is 43.1 Å². The van der Waals surface area contributed by atoms with Crippen molar-refractivity contribution < 1.29 is 27.5 Å². The molecule has 2 aromatic rings. The van der Waals surface area contributed by atoms with Gasteiger partial charge in [-0.2, -0.15) is 4.31 Å². The minimum atomic E-state index is -4.07. The number of halogens is 1. The summed E-state index contributed by atoms with van der Waals surface area (Å²) in [6.07, 6.45) is 3.19. The highest BCUT2D eigenvalue weighted by Crippen LogP contribution is 2.29. The molecule has 1 aliphatic heterocycles. The average Bonchev–Trinajstić information content (AvgIpc) is 3.60. The van der Waals surface area contributed by atoms with Crippen LogP contribution in [-0.2, 0) is 24.4 Å². The number of pyridine rings is 1. The number of aromatic nitrogens is 1. The Labute approximate surface area is 220 Å². The van der Waals surface area contributed by atoms with Crippen LogP contribution in [0, 0.1) is 0 Å². The summed E-state index contributed by atoms with van der Waals surface area (Å²) in [5.41, 5.74) is 0. The summed E-state index contributed by atoms with van der Waals surface area (Å²) < 4.78 is 34.0. The quantitative estimate of drug-likeness (QED) is 0.410. The fraction of sp³-hybridized carbons (Fsp3) is 0.440. The largest absolute Gasteiger partial charge is 0.473 e. The summed E-state index contributed by atoms with van der Waals surface area (Å²) in [4.78, 5) is 42.7. The van der Waals surface area contributed by atoms with Crippen LogP contribution in [0.5, 0.6) is 5.88 Å². The molecule has 198 valence electrons. The molecule has 1 aromatic heterocycles. The second-order valence-electron chi connectivity index (χ2n) is 9.16. The Hall–Kier alpha value is -3.02. The molecule has 1 aliphatic carbocycles. The number of Topliss-reactive ketones (excluding diaryl/α,β-unsaturated/α-hetero) is 1. The zero-order valence-corrected chi connectivity index (χ0v) is 21.9. The third-order valence-corrected chi connectivity index (χ3v) is 8.32. The van der Waals surface area contributed by atoms with Crippen LogP contribution < -0.4 is 15.4 Å². The minimum Gasteiger partial charge on any atom is -0.473 e. The van der Waals surface area contributed by atoms with Crippen molar-refractivity contribution in [1.82, 2.24) is 19.9 Å². The van der Waals surface area contributed by atoms with Crippen LogP contribution in [-0.4, -0.2) is 66.1 Å². The van der Waals surface area contributed by atoms with E-state index >= 15 is 0 Å². The number of ketones is 1. The van der Waals surface area contributed by atoms with Gasteiger partial charge >= 0.3 is 0 Å². The molecule has 12 heteroatoms. The van der Waals surface area contributed by atoms with Crippen LogP contribution in [0.2, 0.25) is 5.02 Å². The van der Waals surface area contributed by atoms with Crippen molar-refractivity contribution in [2.45, 2.75) is 68.2 Å². The molecule has 1 saturated heterocycles. The van der Waals surface area contributed by atoms with Crippen molar-refractivity contribution in [2.75, 3.05) is 6.54 Å². The molecule has 2 fully saturated rings. The number of amides is 2. The lowest BCUT2D eigenvalue weighted by atomic mass is 10.1. The Kier molecular flexibility index (Phi) is 8.46. The molecular formula is C25H29ClN4O6S. The number of sulfonamides is 1. The monoisotopic (exact) mass is 548 g/mol. The van der Waals surface area contributed by atoms with E-state index in [0.717, 1.165) is 17.1 Å². The lowest BCUT2D eigenvalue weighted by Crippen LogP contribution is -2.53. The first-order valence-corrected chi connectivity index (χ1v) is 14.0. The van der Waals surface area contributed by atoms with Gasteiger partial charge in [-0.15, -0.1) is 0 Å². The van der Waals surface area contributed by atoms with Gasteiger partial charge in [0, 0.05) is 24.7 Å². The Morgan fingerprint density at radius 2 is 1.89 bits per heavy atom. The molecule has 2 N–H and O–H groups in total. The van der Waals surface area contributed by atoms with Crippen LogP contribution in [0.15, 0.2) is 53.6 Å². The van der Waals surface area contributed by atoms with Crippen LogP contribution in [0.3, 0.4) is 0 Å². The smallest absolute Gasteiger partial charge is 0.289 e. The van der Waals surface area contributed by atoms with Gasteiger partial charge in [0.15, 0.2) is 0 Å². The zero-order chi connectivity index (χ0) is 26.6. The molecule has 37 heavy (non-hydrogen) atoms. The first-order valence-electron chi connectivity index (χ1n) is 12.2. The van der Waals surface area contributed by atoms with Crippen LogP contribution >= 0.6 is 11.6 Å². The molecule has 10 nitrogen and oxygen atoms in total. The van der Waals surface area contributed by atoms with Gasteiger partial charge in [0.2, 0.25) is 27.6 Å². The van der Waals surface area contributed by atoms with Gasteiger partial charge in [-0.05, 0) is 37.5 Å². The normalized spacial score (nSPS) is 20.7. The third kappa shape index (κ3) is 6.65. The minimum absolute atomic E-state index is 0.00449. The SMILES string of the molecule is CCCC(NC(=O)[C@@H]1C[C@@H](Oc2ccc(Cl)cn2)CN1S(=O)(=O)c1ccccc1)C(=O)C(=O)NC1CC1.